The molecule has 0 saturated carbocycles. The zero-order chi connectivity index (χ0) is 11.8. The molecule has 1 aliphatic rings. The lowest BCUT2D eigenvalue weighted by Crippen LogP contribution is -2.30. The molecule has 0 spiro atoms. The van der Waals surface area contributed by atoms with Gasteiger partial charge in [-0.15, -0.1) is 24.8 Å². The van der Waals surface area contributed by atoms with Crippen LogP contribution in [0.1, 0.15) is 19.4 Å². The van der Waals surface area contributed by atoms with Gasteiger partial charge in [0.25, 0.3) is 5.91 Å². The van der Waals surface area contributed by atoms with Gasteiger partial charge in [0, 0.05) is 5.02 Å². The number of benzene rings is 1. The number of amides is 1. The molecule has 1 aliphatic heterocycles. The van der Waals surface area contributed by atoms with Crippen molar-refractivity contribution in [2.24, 2.45) is 5.41 Å². The quantitative estimate of drug-likeness (QED) is 0.836. The van der Waals surface area contributed by atoms with Crippen molar-refractivity contribution in [3.8, 4) is 0 Å². The van der Waals surface area contributed by atoms with E-state index in [-0.39, 0.29) is 30.7 Å². The molecule has 0 atom stereocenters. The summed E-state index contributed by atoms with van der Waals surface area (Å²) < 4.78 is 0. The van der Waals surface area contributed by atoms with E-state index in [0.717, 1.165) is 5.56 Å². The van der Waals surface area contributed by atoms with Crippen molar-refractivity contribution < 1.29 is 9.63 Å². The highest BCUT2D eigenvalue weighted by Crippen LogP contribution is 2.29. The van der Waals surface area contributed by atoms with E-state index >= 15 is 0 Å². The highest BCUT2D eigenvalue weighted by Gasteiger charge is 2.40. The van der Waals surface area contributed by atoms with Crippen LogP contribution in [0.5, 0.6) is 0 Å². The summed E-state index contributed by atoms with van der Waals surface area (Å²) in [5.74, 6) is 0.00687. The zero-order valence-corrected chi connectivity index (χ0v) is 12.6. The molecule has 1 aromatic rings. The van der Waals surface area contributed by atoms with E-state index in [0.29, 0.717) is 18.2 Å². The van der Waals surface area contributed by atoms with Gasteiger partial charge in [-0.3, -0.25) is 9.63 Å². The molecule has 1 heterocycles. The Bertz CT molecular complexity index is 424. The van der Waals surface area contributed by atoms with Gasteiger partial charge in [0.1, 0.15) is 0 Å². The van der Waals surface area contributed by atoms with E-state index < -0.39 is 5.41 Å². The first-order valence-electron chi connectivity index (χ1n) is 5.19. The van der Waals surface area contributed by atoms with Gasteiger partial charge in [0.15, 0.2) is 0 Å². The third kappa shape index (κ3) is 3.51. The molecule has 0 bridgehead atoms. The average Bonchev–Trinajstić information content (AvgIpc) is 2.49. The molecule has 6 heteroatoms. The van der Waals surface area contributed by atoms with Crippen molar-refractivity contribution in [1.29, 1.82) is 0 Å². The van der Waals surface area contributed by atoms with Crippen LogP contribution in [0.2, 0.25) is 5.02 Å². The summed E-state index contributed by atoms with van der Waals surface area (Å²) in [7, 11) is 0. The third-order valence-corrected chi connectivity index (χ3v) is 3.03. The normalized spacial score (nSPS) is 17.1. The maximum Gasteiger partial charge on any atom is 0.254 e. The molecule has 1 fully saturated rings. The fourth-order valence-electron chi connectivity index (χ4n) is 1.60. The average molecular weight is 313 g/mol. The maximum atomic E-state index is 11.9. The summed E-state index contributed by atoms with van der Waals surface area (Å²) in [4.78, 5) is 17.3. The minimum absolute atomic E-state index is 0. The molecule has 0 aromatic heterocycles. The number of rotatable bonds is 2. The molecule has 3 nitrogen and oxygen atoms in total. The summed E-state index contributed by atoms with van der Waals surface area (Å²) in [6, 6.07) is 7.46. The molecule has 0 radical (unpaired) electrons. The zero-order valence-electron chi connectivity index (χ0n) is 10.2. The molecule has 18 heavy (non-hydrogen) atoms. The van der Waals surface area contributed by atoms with Crippen molar-refractivity contribution in [2.45, 2.75) is 20.4 Å². The van der Waals surface area contributed by atoms with Gasteiger partial charge in [-0.05, 0) is 25.5 Å². The maximum absolute atomic E-state index is 11.9. The van der Waals surface area contributed by atoms with Gasteiger partial charge >= 0.3 is 0 Å². The van der Waals surface area contributed by atoms with Crippen LogP contribution in [0.4, 0.5) is 0 Å². The fourth-order valence-corrected chi connectivity index (χ4v) is 1.79. The van der Waals surface area contributed by atoms with Crippen LogP contribution in [-0.4, -0.2) is 17.6 Å². The second-order valence-electron chi connectivity index (χ2n) is 4.59. The summed E-state index contributed by atoms with van der Waals surface area (Å²) in [5, 5.41) is 2.05. The Kier molecular flexibility index (Phi) is 6.44. The van der Waals surface area contributed by atoms with E-state index in [1.807, 2.05) is 38.1 Å². The van der Waals surface area contributed by atoms with Crippen molar-refractivity contribution >= 4 is 42.3 Å². The van der Waals surface area contributed by atoms with E-state index in [1.165, 1.54) is 5.06 Å². The number of halogens is 3. The topological polar surface area (TPSA) is 29.5 Å². The van der Waals surface area contributed by atoms with Gasteiger partial charge in [-0.2, -0.15) is 0 Å². The molecule has 0 unspecified atom stereocenters. The summed E-state index contributed by atoms with van der Waals surface area (Å²) in [6.45, 7) is 4.59. The molecule has 1 amide bonds. The Morgan fingerprint density at radius 2 is 1.94 bits per heavy atom. The number of hydroxylamine groups is 2. The van der Waals surface area contributed by atoms with E-state index in [4.69, 9.17) is 16.4 Å². The number of hydrogen-bond donors (Lipinski definition) is 0. The van der Waals surface area contributed by atoms with Gasteiger partial charge < -0.3 is 0 Å². The molecule has 102 valence electrons. The largest absolute Gasteiger partial charge is 0.272 e. The second-order valence-corrected chi connectivity index (χ2v) is 5.00. The van der Waals surface area contributed by atoms with Crippen LogP contribution >= 0.6 is 36.4 Å². The lowest BCUT2D eigenvalue weighted by atomic mass is 9.95. The molecule has 1 saturated heterocycles. The van der Waals surface area contributed by atoms with Crippen LogP contribution in [-0.2, 0) is 16.2 Å². The van der Waals surface area contributed by atoms with Crippen molar-refractivity contribution in [2.75, 3.05) is 6.61 Å². The summed E-state index contributed by atoms with van der Waals surface area (Å²) in [6.07, 6.45) is 0. The predicted octanol–water partition coefficient (Wildman–Crippen LogP) is 3.48. The van der Waals surface area contributed by atoms with Gasteiger partial charge in [-0.25, -0.2) is 5.06 Å². The van der Waals surface area contributed by atoms with Crippen LogP contribution in [0.25, 0.3) is 0 Å². The van der Waals surface area contributed by atoms with Crippen molar-refractivity contribution in [3.63, 3.8) is 0 Å². The molecule has 0 aliphatic carbocycles. The molecular formula is C12H16Cl3NO2. The summed E-state index contributed by atoms with van der Waals surface area (Å²) in [5.41, 5.74) is 0.469. The molecular weight excluding hydrogens is 296 g/mol. The summed E-state index contributed by atoms with van der Waals surface area (Å²) >= 11 is 6.03. The fraction of sp³-hybridized carbons (Fsp3) is 0.417. The van der Waals surface area contributed by atoms with Crippen LogP contribution < -0.4 is 0 Å². The Hall–Kier alpha value is -0.480. The van der Waals surface area contributed by atoms with E-state index in [9.17, 15) is 4.79 Å². The highest BCUT2D eigenvalue weighted by molar-refractivity contribution is 6.31. The van der Waals surface area contributed by atoms with Crippen molar-refractivity contribution in [1.82, 2.24) is 5.06 Å². The number of hydrogen-bond acceptors (Lipinski definition) is 2. The minimum atomic E-state index is -0.429. The standard InChI is InChI=1S/C12H14ClNO2.2ClH/c1-12(2)8-16-14(11(12)15)7-9-5-3-4-6-10(9)13;;/h3-6H,7-8H2,1-2H3;2*1H. The monoisotopic (exact) mass is 311 g/mol. The van der Waals surface area contributed by atoms with E-state index in [2.05, 4.69) is 0 Å². The minimum Gasteiger partial charge on any atom is -0.272 e. The Morgan fingerprint density at radius 3 is 2.44 bits per heavy atom. The Labute approximate surface area is 124 Å². The molecule has 0 N–H and O–H groups in total. The second kappa shape index (κ2) is 6.62. The van der Waals surface area contributed by atoms with Crippen LogP contribution in [0.3, 0.4) is 0 Å². The van der Waals surface area contributed by atoms with Crippen LogP contribution in [0, 0.1) is 5.41 Å². The Morgan fingerprint density at radius 1 is 1.33 bits per heavy atom. The number of nitrogens with zero attached hydrogens (tertiary/aromatic N) is 1. The Balaban J connectivity index is 0.00000144. The van der Waals surface area contributed by atoms with E-state index in [1.54, 1.807) is 0 Å². The predicted molar refractivity (Wildman–Crippen MR) is 76.2 cm³/mol. The number of carbonyl (C=O) groups excluding carboxylic acids is 1. The molecule has 2 rings (SSSR count). The third-order valence-electron chi connectivity index (χ3n) is 2.66. The first-order valence-corrected chi connectivity index (χ1v) is 5.57. The van der Waals surface area contributed by atoms with Gasteiger partial charge in [-0.1, -0.05) is 29.8 Å². The first kappa shape index (κ1) is 17.5. The van der Waals surface area contributed by atoms with Crippen molar-refractivity contribution in [3.05, 3.63) is 34.9 Å². The van der Waals surface area contributed by atoms with Gasteiger partial charge in [0.2, 0.25) is 0 Å². The van der Waals surface area contributed by atoms with Gasteiger partial charge in [0.05, 0.1) is 18.6 Å². The smallest absolute Gasteiger partial charge is 0.254 e. The number of carbonyl (C=O) groups is 1. The lowest BCUT2D eigenvalue weighted by Gasteiger charge is -2.16. The highest BCUT2D eigenvalue weighted by atomic mass is 35.5. The first-order chi connectivity index (χ1) is 7.50. The lowest BCUT2D eigenvalue weighted by molar-refractivity contribution is -0.165. The molecule has 1 aromatic carbocycles. The SMILES string of the molecule is CC1(C)CON(Cc2ccccc2Cl)C1=O.Cl.Cl. The van der Waals surface area contributed by atoms with Crippen LogP contribution in [0.15, 0.2) is 24.3 Å².